The molecule has 0 atom stereocenters. The fourth-order valence-electron chi connectivity index (χ4n) is 3.19. The Balaban J connectivity index is 1.58. The zero-order valence-electron chi connectivity index (χ0n) is 18.4. The van der Waals surface area contributed by atoms with E-state index in [1.165, 1.54) is 18.4 Å². The van der Waals surface area contributed by atoms with E-state index >= 15 is 0 Å². The van der Waals surface area contributed by atoms with Crippen molar-refractivity contribution in [2.45, 2.75) is 40.2 Å². The third-order valence-corrected chi connectivity index (χ3v) is 5.77. The predicted molar refractivity (Wildman–Crippen MR) is 121 cm³/mol. The largest absolute Gasteiger partial charge is 0.465 e. The Kier molecular flexibility index (Phi) is 7.42. The minimum Gasteiger partial charge on any atom is -0.465 e. The van der Waals surface area contributed by atoms with Crippen LogP contribution in [0.4, 0.5) is 5.69 Å². The van der Waals surface area contributed by atoms with Crippen molar-refractivity contribution >= 4 is 34.9 Å². The Morgan fingerprint density at radius 2 is 1.84 bits per heavy atom. The number of aromatic amines is 1. The Morgan fingerprint density at radius 3 is 2.50 bits per heavy atom. The first kappa shape index (κ1) is 23.2. The number of hydrogen-bond donors (Lipinski definition) is 2. The van der Waals surface area contributed by atoms with Crippen LogP contribution in [0.15, 0.2) is 29.6 Å². The van der Waals surface area contributed by atoms with Crippen molar-refractivity contribution < 1.29 is 23.9 Å². The van der Waals surface area contributed by atoms with Crippen molar-refractivity contribution in [2.75, 3.05) is 12.4 Å². The maximum Gasteiger partial charge on any atom is 0.355 e. The number of aryl methyl sites for hydroxylation is 2. The van der Waals surface area contributed by atoms with Gasteiger partial charge in [0, 0.05) is 16.8 Å². The highest BCUT2D eigenvalue weighted by atomic mass is 32.1. The SMILES string of the molecule is CCc1[nH]c(C(=O)OCc2csc(CC(=O)Nc3ccc(C)cc3)n2)c(C)c1C(=O)OC. The fraction of sp³-hybridized carbons (Fsp3) is 0.304. The topological polar surface area (TPSA) is 110 Å². The average molecular weight is 456 g/mol. The molecule has 2 aromatic heterocycles. The molecule has 32 heavy (non-hydrogen) atoms. The van der Waals surface area contributed by atoms with Crippen LogP contribution in [-0.4, -0.2) is 34.9 Å². The Morgan fingerprint density at radius 1 is 1.12 bits per heavy atom. The number of anilines is 1. The van der Waals surface area contributed by atoms with Gasteiger partial charge in [-0.2, -0.15) is 0 Å². The molecular formula is C23H25N3O5S. The molecule has 0 spiro atoms. The van der Waals surface area contributed by atoms with Crippen molar-refractivity contribution in [3.63, 3.8) is 0 Å². The number of rotatable bonds is 8. The summed E-state index contributed by atoms with van der Waals surface area (Å²) in [5.74, 6) is -1.25. The molecule has 1 amide bonds. The summed E-state index contributed by atoms with van der Waals surface area (Å²) < 4.78 is 10.2. The van der Waals surface area contributed by atoms with Gasteiger partial charge in [0.25, 0.3) is 0 Å². The van der Waals surface area contributed by atoms with Crippen LogP contribution in [0.5, 0.6) is 0 Å². The standard InChI is InChI=1S/C23H25N3O5S/c1-5-17-20(22(28)30-4)14(3)21(26-17)23(29)31-11-16-12-32-19(25-16)10-18(27)24-15-8-6-13(2)7-9-15/h6-9,12,26H,5,10-11H2,1-4H3,(H,24,27). The van der Waals surface area contributed by atoms with Gasteiger partial charge in [-0.15, -0.1) is 11.3 Å². The number of nitrogens with one attached hydrogen (secondary N) is 2. The first-order valence-corrected chi connectivity index (χ1v) is 11.0. The van der Waals surface area contributed by atoms with Gasteiger partial charge in [0.05, 0.1) is 24.8 Å². The minimum absolute atomic E-state index is 0.0393. The molecule has 9 heteroatoms. The molecule has 3 rings (SSSR count). The van der Waals surface area contributed by atoms with Crippen LogP contribution in [0.25, 0.3) is 0 Å². The number of esters is 2. The molecule has 2 heterocycles. The second-order valence-corrected chi connectivity index (χ2v) is 8.17. The second-order valence-electron chi connectivity index (χ2n) is 7.22. The lowest BCUT2D eigenvalue weighted by atomic mass is 10.1. The summed E-state index contributed by atoms with van der Waals surface area (Å²) in [5, 5.41) is 5.21. The number of benzene rings is 1. The molecule has 168 valence electrons. The molecule has 0 saturated heterocycles. The zero-order chi connectivity index (χ0) is 23.3. The molecule has 0 fully saturated rings. The molecule has 0 aliphatic carbocycles. The molecule has 0 bridgehead atoms. The van der Waals surface area contributed by atoms with Gasteiger partial charge >= 0.3 is 11.9 Å². The number of hydrogen-bond acceptors (Lipinski definition) is 7. The van der Waals surface area contributed by atoms with Crippen molar-refractivity contribution in [3.8, 4) is 0 Å². The van der Waals surface area contributed by atoms with Crippen molar-refractivity contribution in [1.82, 2.24) is 9.97 Å². The molecule has 0 saturated carbocycles. The highest BCUT2D eigenvalue weighted by Gasteiger charge is 2.24. The lowest BCUT2D eigenvalue weighted by Gasteiger charge is -2.04. The van der Waals surface area contributed by atoms with Gasteiger partial charge in [0.15, 0.2) is 0 Å². The van der Waals surface area contributed by atoms with E-state index in [4.69, 9.17) is 9.47 Å². The molecule has 0 aliphatic heterocycles. The van der Waals surface area contributed by atoms with Crippen LogP contribution in [-0.2, 0) is 33.7 Å². The minimum atomic E-state index is -0.584. The van der Waals surface area contributed by atoms with Crippen LogP contribution in [0.2, 0.25) is 0 Å². The Hall–Kier alpha value is -3.46. The zero-order valence-corrected chi connectivity index (χ0v) is 19.2. The molecule has 1 aromatic carbocycles. The number of nitrogens with zero attached hydrogens (tertiary/aromatic N) is 1. The maximum absolute atomic E-state index is 12.5. The third kappa shape index (κ3) is 5.42. The van der Waals surface area contributed by atoms with E-state index in [9.17, 15) is 14.4 Å². The normalized spacial score (nSPS) is 10.6. The summed E-state index contributed by atoms with van der Waals surface area (Å²) in [4.78, 5) is 44.1. The maximum atomic E-state index is 12.5. The van der Waals surface area contributed by atoms with Crippen LogP contribution < -0.4 is 5.32 Å². The molecule has 8 nitrogen and oxygen atoms in total. The van der Waals surface area contributed by atoms with Crippen molar-refractivity contribution in [1.29, 1.82) is 0 Å². The molecule has 2 N–H and O–H groups in total. The number of carbonyl (C=O) groups is 3. The molecule has 3 aromatic rings. The molecule has 0 aliphatic rings. The van der Waals surface area contributed by atoms with Crippen LogP contribution >= 0.6 is 11.3 Å². The number of methoxy groups -OCH3 is 1. The van der Waals surface area contributed by atoms with Gasteiger partial charge in [-0.3, -0.25) is 4.79 Å². The molecule has 0 radical (unpaired) electrons. The summed E-state index contributed by atoms with van der Waals surface area (Å²) >= 11 is 1.33. The van der Waals surface area contributed by atoms with E-state index in [2.05, 4.69) is 15.3 Å². The van der Waals surface area contributed by atoms with Crippen molar-refractivity contribution in [2.24, 2.45) is 0 Å². The second kappa shape index (κ2) is 10.2. The van der Waals surface area contributed by atoms with E-state index in [1.54, 1.807) is 12.3 Å². The van der Waals surface area contributed by atoms with Crippen molar-refractivity contribution in [3.05, 3.63) is 68.4 Å². The van der Waals surface area contributed by atoms with Gasteiger partial charge < -0.3 is 19.8 Å². The number of aromatic nitrogens is 2. The van der Waals surface area contributed by atoms with Gasteiger partial charge in [-0.05, 0) is 38.0 Å². The van der Waals surface area contributed by atoms with Gasteiger partial charge in [0.2, 0.25) is 5.91 Å². The summed E-state index contributed by atoms with van der Waals surface area (Å²) in [6.45, 7) is 5.49. The lowest BCUT2D eigenvalue weighted by Crippen LogP contribution is -2.14. The van der Waals surface area contributed by atoms with Crippen LogP contribution in [0, 0.1) is 13.8 Å². The van der Waals surface area contributed by atoms with E-state index in [0.717, 1.165) is 11.3 Å². The lowest BCUT2D eigenvalue weighted by molar-refractivity contribution is -0.115. The van der Waals surface area contributed by atoms with Crippen LogP contribution in [0.3, 0.4) is 0 Å². The van der Waals surface area contributed by atoms with E-state index < -0.39 is 11.9 Å². The summed E-state index contributed by atoms with van der Waals surface area (Å²) in [6, 6.07) is 7.54. The van der Waals surface area contributed by atoms with Gasteiger partial charge in [-0.25, -0.2) is 14.6 Å². The Labute approximate surface area is 190 Å². The quantitative estimate of drug-likeness (QED) is 0.497. The van der Waals surface area contributed by atoms with Gasteiger partial charge in [0.1, 0.15) is 17.3 Å². The third-order valence-electron chi connectivity index (χ3n) is 4.87. The van der Waals surface area contributed by atoms with E-state index in [0.29, 0.717) is 33.9 Å². The monoisotopic (exact) mass is 455 g/mol. The summed E-state index contributed by atoms with van der Waals surface area (Å²) in [7, 11) is 1.30. The molecular weight excluding hydrogens is 430 g/mol. The Bertz CT molecular complexity index is 1130. The average Bonchev–Trinajstić information content (AvgIpc) is 3.36. The number of ether oxygens (including phenoxy) is 2. The highest BCUT2D eigenvalue weighted by molar-refractivity contribution is 7.09. The smallest absolute Gasteiger partial charge is 0.355 e. The summed E-state index contributed by atoms with van der Waals surface area (Å²) in [5.41, 5.74) is 4.08. The predicted octanol–water partition coefficient (Wildman–Crippen LogP) is 3.98. The number of amides is 1. The van der Waals surface area contributed by atoms with E-state index in [1.807, 2.05) is 38.1 Å². The van der Waals surface area contributed by atoms with E-state index in [-0.39, 0.29) is 24.6 Å². The highest BCUT2D eigenvalue weighted by Crippen LogP contribution is 2.21. The first-order valence-electron chi connectivity index (χ1n) is 10.1. The fourth-order valence-corrected chi connectivity index (χ4v) is 3.97. The van der Waals surface area contributed by atoms with Gasteiger partial charge in [-0.1, -0.05) is 24.6 Å². The number of carbonyl (C=O) groups excluding carboxylic acids is 3. The number of thiazole rings is 1. The van der Waals surface area contributed by atoms with Crippen LogP contribution in [0.1, 0.15) is 55.3 Å². The first-order chi connectivity index (χ1) is 15.3. The number of H-pyrrole nitrogens is 1. The molecule has 0 unspecified atom stereocenters. The summed E-state index contributed by atoms with van der Waals surface area (Å²) in [6.07, 6.45) is 0.670.